The highest BCUT2D eigenvalue weighted by Crippen LogP contribution is 2.28. The van der Waals surface area contributed by atoms with E-state index in [1.54, 1.807) is 24.3 Å². The first kappa shape index (κ1) is 27.4. The lowest BCUT2D eigenvalue weighted by Crippen LogP contribution is -2.54. The number of esters is 1. The van der Waals surface area contributed by atoms with E-state index in [-0.39, 0.29) is 34.2 Å². The van der Waals surface area contributed by atoms with Crippen LogP contribution < -0.4 is 20.3 Å². The monoisotopic (exact) mass is 567 g/mol. The van der Waals surface area contributed by atoms with E-state index < -0.39 is 29.7 Å². The van der Waals surface area contributed by atoms with E-state index >= 15 is 0 Å². The molecule has 10 nitrogen and oxygen atoms in total. The van der Waals surface area contributed by atoms with Crippen LogP contribution in [0.2, 0.25) is 10.0 Å². The van der Waals surface area contributed by atoms with E-state index in [1.165, 1.54) is 55.7 Å². The Bertz CT molecular complexity index is 1500. The smallest absolute Gasteiger partial charge is 0.337 e. The number of ether oxygens (including phenoxy) is 2. The van der Waals surface area contributed by atoms with Gasteiger partial charge in [0.2, 0.25) is 0 Å². The summed E-state index contributed by atoms with van der Waals surface area (Å²) in [5, 5.41) is 5.43. The minimum Gasteiger partial charge on any atom is -0.482 e. The molecule has 5 amide bonds. The average Bonchev–Trinajstić information content (AvgIpc) is 2.91. The standard InChI is InChI=1S/C27H19Cl2N3O7/c1-38-26(36)16-3-9-19(10-4-16)32-25(35)20(24(34)31-27(32)37)12-15-2-11-22(21(29)13-15)39-14-23(33)30-18-7-5-17(28)6-8-18/h2-13H,14H2,1H3,(H,30,33)(H,31,34,37)/b20-12+. The fourth-order valence-electron chi connectivity index (χ4n) is 3.52. The van der Waals surface area contributed by atoms with E-state index in [2.05, 4.69) is 15.4 Å². The molecule has 2 N–H and O–H groups in total. The van der Waals surface area contributed by atoms with Gasteiger partial charge in [-0.3, -0.25) is 19.7 Å². The number of methoxy groups -OCH3 is 1. The number of carbonyl (C=O) groups is 5. The first-order chi connectivity index (χ1) is 18.7. The molecular weight excluding hydrogens is 549 g/mol. The Balaban J connectivity index is 1.47. The summed E-state index contributed by atoms with van der Waals surface area (Å²) in [6.07, 6.45) is 1.27. The lowest BCUT2D eigenvalue weighted by molar-refractivity contribution is -0.122. The van der Waals surface area contributed by atoms with Gasteiger partial charge in [-0.05, 0) is 72.3 Å². The van der Waals surface area contributed by atoms with Crippen molar-refractivity contribution in [1.82, 2.24) is 5.32 Å². The third-order valence-corrected chi connectivity index (χ3v) is 5.95. The Kier molecular flexibility index (Phi) is 8.28. The molecule has 0 aliphatic carbocycles. The van der Waals surface area contributed by atoms with Crippen molar-refractivity contribution in [3.8, 4) is 5.75 Å². The molecule has 0 aromatic heterocycles. The normalized spacial score (nSPS) is 14.2. The SMILES string of the molecule is COC(=O)c1ccc(N2C(=O)NC(=O)/C(=C\c3ccc(OCC(=O)Nc4ccc(Cl)cc4)c(Cl)c3)C2=O)cc1. The number of benzene rings is 3. The quantitative estimate of drug-likeness (QED) is 0.244. The molecule has 1 fully saturated rings. The Morgan fingerprint density at radius 2 is 1.67 bits per heavy atom. The van der Waals surface area contributed by atoms with Crippen molar-refractivity contribution in [2.45, 2.75) is 0 Å². The summed E-state index contributed by atoms with van der Waals surface area (Å²) in [4.78, 5) is 62.6. The summed E-state index contributed by atoms with van der Waals surface area (Å²) in [5.41, 5.74) is 0.952. The summed E-state index contributed by atoms with van der Waals surface area (Å²) in [6.45, 7) is -0.324. The van der Waals surface area contributed by atoms with Crippen LogP contribution in [-0.4, -0.2) is 43.4 Å². The molecule has 1 saturated heterocycles. The van der Waals surface area contributed by atoms with Crippen LogP contribution in [0.5, 0.6) is 5.75 Å². The Hall–Kier alpha value is -4.67. The van der Waals surface area contributed by atoms with Gasteiger partial charge in [0.05, 0.1) is 23.4 Å². The number of amides is 5. The van der Waals surface area contributed by atoms with Crippen LogP contribution in [0.3, 0.4) is 0 Å². The van der Waals surface area contributed by atoms with Crippen molar-refractivity contribution in [1.29, 1.82) is 0 Å². The zero-order valence-corrected chi connectivity index (χ0v) is 21.7. The molecule has 1 aliphatic rings. The molecule has 1 heterocycles. The predicted octanol–water partition coefficient (Wildman–Crippen LogP) is 4.46. The molecule has 0 spiro atoms. The maximum absolute atomic E-state index is 13.1. The number of hydrogen-bond acceptors (Lipinski definition) is 7. The summed E-state index contributed by atoms with van der Waals surface area (Å²) in [6, 6.07) is 15.6. The van der Waals surface area contributed by atoms with Gasteiger partial charge in [0.25, 0.3) is 17.7 Å². The number of halogens is 2. The molecule has 4 rings (SSSR count). The lowest BCUT2D eigenvalue weighted by atomic mass is 10.1. The number of nitrogens with one attached hydrogen (secondary N) is 2. The number of rotatable bonds is 7. The van der Waals surface area contributed by atoms with Gasteiger partial charge in [0.15, 0.2) is 6.61 Å². The molecule has 3 aromatic rings. The minimum atomic E-state index is -0.938. The van der Waals surface area contributed by atoms with E-state index in [4.69, 9.17) is 27.9 Å². The van der Waals surface area contributed by atoms with Gasteiger partial charge in [-0.15, -0.1) is 0 Å². The van der Waals surface area contributed by atoms with E-state index in [0.29, 0.717) is 16.3 Å². The molecule has 0 atom stereocenters. The summed E-state index contributed by atoms with van der Waals surface area (Å²) in [5.74, 6) is -2.56. The molecule has 12 heteroatoms. The average molecular weight is 568 g/mol. The first-order valence-corrected chi connectivity index (χ1v) is 12.0. The maximum Gasteiger partial charge on any atom is 0.337 e. The Morgan fingerprint density at radius 3 is 2.31 bits per heavy atom. The third kappa shape index (κ3) is 6.43. The highest BCUT2D eigenvalue weighted by Gasteiger charge is 2.36. The largest absolute Gasteiger partial charge is 0.482 e. The van der Waals surface area contributed by atoms with Crippen molar-refractivity contribution < 1.29 is 33.4 Å². The second-order valence-corrected chi connectivity index (χ2v) is 8.87. The number of hydrogen-bond donors (Lipinski definition) is 2. The lowest BCUT2D eigenvalue weighted by Gasteiger charge is -2.26. The van der Waals surface area contributed by atoms with Crippen molar-refractivity contribution >= 4 is 70.4 Å². The van der Waals surface area contributed by atoms with Crippen LogP contribution in [0.1, 0.15) is 15.9 Å². The zero-order valence-electron chi connectivity index (χ0n) is 20.2. The number of carbonyl (C=O) groups excluding carboxylic acids is 5. The third-order valence-electron chi connectivity index (χ3n) is 5.40. The number of urea groups is 1. The highest BCUT2D eigenvalue weighted by atomic mass is 35.5. The van der Waals surface area contributed by atoms with Crippen LogP contribution >= 0.6 is 23.2 Å². The first-order valence-electron chi connectivity index (χ1n) is 11.2. The molecule has 0 unspecified atom stereocenters. The number of barbiturate groups is 1. The van der Waals surface area contributed by atoms with Crippen molar-refractivity contribution in [3.05, 3.63) is 93.5 Å². The van der Waals surface area contributed by atoms with Crippen LogP contribution in [0.25, 0.3) is 6.08 Å². The highest BCUT2D eigenvalue weighted by molar-refractivity contribution is 6.39. The summed E-state index contributed by atoms with van der Waals surface area (Å²) in [7, 11) is 1.23. The molecule has 198 valence electrons. The van der Waals surface area contributed by atoms with Gasteiger partial charge in [-0.1, -0.05) is 29.3 Å². The topological polar surface area (TPSA) is 131 Å². The number of imide groups is 2. The Labute approximate surface area is 232 Å². The van der Waals surface area contributed by atoms with Gasteiger partial charge in [-0.2, -0.15) is 0 Å². The van der Waals surface area contributed by atoms with Crippen molar-refractivity contribution in [2.24, 2.45) is 0 Å². The van der Waals surface area contributed by atoms with Crippen molar-refractivity contribution in [2.75, 3.05) is 23.9 Å². The molecule has 3 aromatic carbocycles. The van der Waals surface area contributed by atoms with Crippen LogP contribution in [-0.2, 0) is 19.1 Å². The summed E-state index contributed by atoms with van der Waals surface area (Å²) >= 11 is 12.1. The van der Waals surface area contributed by atoms with Gasteiger partial charge in [0, 0.05) is 10.7 Å². The summed E-state index contributed by atoms with van der Waals surface area (Å²) < 4.78 is 10.1. The van der Waals surface area contributed by atoms with Gasteiger partial charge in [0.1, 0.15) is 11.3 Å². The van der Waals surface area contributed by atoms with Crippen LogP contribution in [0.4, 0.5) is 16.2 Å². The predicted molar refractivity (Wildman–Crippen MR) is 144 cm³/mol. The molecule has 0 bridgehead atoms. The van der Waals surface area contributed by atoms with Crippen molar-refractivity contribution in [3.63, 3.8) is 0 Å². The molecule has 1 aliphatic heterocycles. The fraction of sp³-hybridized carbons (Fsp3) is 0.0741. The molecule has 0 saturated carbocycles. The van der Waals surface area contributed by atoms with E-state index in [0.717, 1.165) is 4.90 Å². The van der Waals surface area contributed by atoms with E-state index in [1.807, 2.05) is 0 Å². The minimum absolute atomic E-state index is 0.124. The maximum atomic E-state index is 13.1. The second kappa shape index (κ2) is 11.8. The fourth-order valence-corrected chi connectivity index (χ4v) is 3.89. The van der Waals surface area contributed by atoms with E-state index in [9.17, 15) is 24.0 Å². The van der Waals surface area contributed by atoms with Gasteiger partial charge in [-0.25, -0.2) is 14.5 Å². The molecule has 39 heavy (non-hydrogen) atoms. The number of anilines is 2. The zero-order chi connectivity index (χ0) is 28.1. The second-order valence-electron chi connectivity index (χ2n) is 8.03. The van der Waals surface area contributed by atoms with Crippen LogP contribution in [0.15, 0.2) is 72.3 Å². The van der Waals surface area contributed by atoms with Gasteiger partial charge >= 0.3 is 12.0 Å². The van der Waals surface area contributed by atoms with Crippen LogP contribution in [0, 0.1) is 0 Å². The van der Waals surface area contributed by atoms with Gasteiger partial charge < -0.3 is 14.8 Å². The molecule has 0 radical (unpaired) electrons. The molecular formula is C27H19Cl2N3O7. The number of nitrogens with zero attached hydrogens (tertiary/aromatic N) is 1. The Morgan fingerprint density at radius 1 is 0.974 bits per heavy atom.